The molecule has 12 heteroatoms. The molecule has 0 bridgehead atoms. The van der Waals surface area contributed by atoms with Crippen molar-refractivity contribution in [3.8, 4) is 0 Å². The van der Waals surface area contributed by atoms with Gasteiger partial charge in [-0.3, -0.25) is 14.6 Å². The van der Waals surface area contributed by atoms with Crippen molar-refractivity contribution >= 4 is 65.7 Å². The van der Waals surface area contributed by atoms with Gasteiger partial charge in [-0.2, -0.15) is 4.31 Å². The van der Waals surface area contributed by atoms with Gasteiger partial charge in [0.15, 0.2) is 5.13 Å². The Bertz CT molecular complexity index is 1280. The highest BCUT2D eigenvalue weighted by atomic mass is 32.2. The molecule has 3 aromatic rings. The minimum atomic E-state index is -3.49. The van der Waals surface area contributed by atoms with Gasteiger partial charge in [-0.25, -0.2) is 13.4 Å². The monoisotopic (exact) mass is 566 g/mol. The Balaban J connectivity index is 1.33. The van der Waals surface area contributed by atoms with E-state index in [0.717, 1.165) is 35.0 Å². The lowest BCUT2D eigenvalue weighted by molar-refractivity contribution is -0.123. The van der Waals surface area contributed by atoms with Gasteiger partial charge in [0, 0.05) is 50.1 Å². The van der Waals surface area contributed by atoms with Crippen LogP contribution in [0.15, 0.2) is 44.8 Å². The van der Waals surface area contributed by atoms with E-state index in [-0.39, 0.29) is 11.8 Å². The molecule has 0 atom stereocenters. The number of carbonyl (C=O) groups excluding carboxylic acids is 1. The third-order valence-electron chi connectivity index (χ3n) is 6.72. The normalized spacial score (nSPS) is 18.6. The number of hydrogen-bond acceptors (Lipinski definition) is 9. The van der Waals surface area contributed by atoms with Crippen molar-refractivity contribution in [2.75, 3.05) is 63.6 Å². The summed E-state index contributed by atoms with van der Waals surface area (Å²) in [6.07, 6.45) is 3.07. The fourth-order valence-corrected chi connectivity index (χ4v) is 8.77. The van der Waals surface area contributed by atoms with Crippen LogP contribution in [0, 0.1) is 5.92 Å². The third kappa shape index (κ3) is 5.64. The van der Waals surface area contributed by atoms with Gasteiger partial charge in [0.25, 0.3) is 10.0 Å². The van der Waals surface area contributed by atoms with E-state index in [1.54, 1.807) is 40.6 Å². The average molecular weight is 567 g/mol. The van der Waals surface area contributed by atoms with Crippen molar-refractivity contribution in [1.29, 1.82) is 0 Å². The molecule has 194 valence electrons. The Kier molecular flexibility index (Phi) is 8.30. The second kappa shape index (κ2) is 11.5. The third-order valence-corrected chi connectivity index (χ3v) is 11.8. The van der Waals surface area contributed by atoms with Crippen molar-refractivity contribution in [2.45, 2.75) is 21.9 Å². The lowest BCUT2D eigenvalue weighted by Gasteiger charge is -2.34. The van der Waals surface area contributed by atoms with E-state index in [0.29, 0.717) is 49.9 Å². The number of anilines is 1. The largest absolute Gasteiger partial charge is 0.379 e. The van der Waals surface area contributed by atoms with Gasteiger partial charge < -0.3 is 4.74 Å². The standard InChI is InChI=1S/C24H30N4O4S4/c1-33-19-4-5-20-21(17-19)35-24(25-20)28(11-10-26-12-14-32-15-13-26)23(29)18-6-8-27(9-7-18)36(30,31)22-3-2-16-34-22/h2-5,16-18H,6-15H2,1H3. The summed E-state index contributed by atoms with van der Waals surface area (Å²) in [4.78, 5) is 24.0. The second-order valence-corrected chi connectivity index (χ2v) is 13.9. The molecule has 36 heavy (non-hydrogen) atoms. The highest BCUT2D eigenvalue weighted by Crippen LogP contribution is 2.34. The van der Waals surface area contributed by atoms with Crippen LogP contribution in [-0.2, 0) is 19.6 Å². The van der Waals surface area contributed by atoms with Crippen LogP contribution < -0.4 is 4.90 Å². The summed E-state index contributed by atoms with van der Waals surface area (Å²) >= 11 is 4.47. The number of benzene rings is 1. The smallest absolute Gasteiger partial charge is 0.252 e. The predicted molar refractivity (Wildman–Crippen MR) is 147 cm³/mol. The molecular formula is C24H30N4O4S4. The first kappa shape index (κ1) is 26.1. The topological polar surface area (TPSA) is 83.1 Å². The van der Waals surface area contributed by atoms with Crippen LogP contribution >= 0.6 is 34.4 Å². The number of morpholine rings is 1. The fourth-order valence-electron chi connectivity index (χ4n) is 4.60. The van der Waals surface area contributed by atoms with Gasteiger partial charge in [-0.05, 0) is 48.7 Å². The zero-order valence-corrected chi connectivity index (χ0v) is 23.4. The number of thioether (sulfide) groups is 1. The molecule has 5 rings (SSSR count). The molecule has 0 saturated carbocycles. The molecule has 0 radical (unpaired) electrons. The maximum absolute atomic E-state index is 13.8. The Morgan fingerprint density at radius 2 is 1.97 bits per heavy atom. The van der Waals surface area contributed by atoms with E-state index in [9.17, 15) is 13.2 Å². The number of thiophene rings is 1. The molecule has 1 aromatic carbocycles. The van der Waals surface area contributed by atoms with E-state index < -0.39 is 10.0 Å². The van der Waals surface area contributed by atoms with Gasteiger partial charge in [0.2, 0.25) is 5.91 Å². The summed E-state index contributed by atoms with van der Waals surface area (Å²) in [6, 6.07) is 9.58. The van der Waals surface area contributed by atoms with Crippen molar-refractivity contribution in [2.24, 2.45) is 5.92 Å². The Labute approximate surface area is 224 Å². The number of thiazole rings is 1. The van der Waals surface area contributed by atoms with Crippen molar-refractivity contribution in [3.05, 3.63) is 35.7 Å². The van der Waals surface area contributed by atoms with E-state index in [1.165, 1.54) is 20.5 Å². The van der Waals surface area contributed by atoms with Gasteiger partial charge in [0.05, 0.1) is 23.4 Å². The summed E-state index contributed by atoms with van der Waals surface area (Å²) in [7, 11) is -3.49. The molecule has 2 fully saturated rings. The lowest BCUT2D eigenvalue weighted by atomic mass is 9.96. The van der Waals surface area contributed by atoms with Crippen LogP contribution in [0.3, 0.4) is 0 Å². The molecule has 2 aliphatic heterocycles. The quantitative estimate of drug-likeness (QED) is 0.383. The first-order valence-electron chi connectivity index (χ1n) is 12.1. The lowest BCUT2D eigenvalue weighted by Crippen LogP contribution is -2.47. The number of carbonyl (C=O) groups is 1. The molecule has 4 heterocycles. The van der Waals surface area contributed by atoms with E-state index in [1.807, 2.05) is 17.2 Å². The first-order chi connectivity index (χ1) is 17.5. The zero-order valence-electron chi connectivity index (χ0n) is 20.2. The summed E-state index contributed by atoms with van der Waals surface area (Å²) in [5.41, 5.74) is 0.897. The van der Waals surface area contributed by atoms with Crippen LogP contribution in [0.1, 0.15) is 12.8 Å². The Morgan fingerprint density at radius 1 is 1.19 bits per heavy atom. The van der Waals surface area contributed by atoms with Crippen molar-refractivity contribution < 1.29 is 17.9 Å². The maximum atomic E-state index is 13.8. The number of rotatable bonds is 8. The molecule has 0 aliphatic carbocycles. The number of sulfonamides is 1. The van der Waals surface area contributed by atoms with E-state index in [4.69, 9.17) is 9.72 Å². The van der Waals surface area contributed by atoms with E-state index >= 15 is 0 Å². The summed E-state index contributed by atoms with van der Waals surface area (Å²) in [6.45, 7) is 5.16. The zero-order chi connectivity index (χ0) is 25.1. The second-order valence-electron chi connectivity index (χ2n) is 8.88. The number of fused-ring (bicyclic) bond motifs is 1. The summed E-state index contributed by atoms with van der Waals surface area (Å²) < 4.78 is 34.3. The highest BCUT2D eigenvalue weighted by molar-refractivity contribution is 7.98. The molecule has 2 saturated heterocycles. The number of aromatic nitrogens is 1. The van der Waals surface area contributed by atoms with Gasteiger partial charge >= 0.3 is 0 Å². The number of ether oxygens (including phenoxy) is 1. The van der Waals surface area contributed by atoms with Crippen LogP contribution in [-0.4, -0.2) is 87.3 Å². The minimum absolute atomic E-state index is 0.0422. The molecule has 2 aliphatic rings. The molecule has 2 aromatic heterocycles. The molecule has 0 N–H and O–H groups in total. The van der Waals surface area contributed by atoms with Gasteiger partial charge in [-0.1, -0.05) is 17.4 Å². The maximum Gasteiger partial charge on any atom is 0.252 e. The summed E-state index contributed by atoms with van der Waals surface area (Å²) in [5, 5.41) is 2.49. The molecule has 8 nitrogen and oxygen atoms in total. The van der Waals surface area contributed by atoms with Crippen LogP contribution in [0.5, 0.6) is 0 Å². The SMILES string of the molecule is CSc1ccc2nc(N(CCN3CCOCC3)C(=O)C3CCN(S(=O)(=O)c4cccs4)CC3)sc2c1. The Morgan fingerprint density at radius 3 is 2.67 bits per heavy atom. The minimum Gasteiger partial charge on any atom is -0.379 e. The van der Waals surface area contributed by atoms with E-state index in [2.05, 4.69) is 17.0 Å². The highest BCUT2D eigenvalue weighted by Gasteiger charge is 2.35. The van der Waals surface area contributed by atoms with Gasteiger partial charge in [0.1, 0.15) is 4.21 Å². The number of nitrogens with zero attached hydrogens (tertiary/aromatic N) is 4. The van der Waals surface area contributed by atoms with Crippen molar-refractivity contribution in [3.63, 3.8) is 0 Å². The van der Waals surface area contributed by atoms with Crippen molar-refractivity contribution in [1.82, 2.24) is 14.2 Å². The fraction of sp³-hybridized carbons (Fsp3) is 0.500. The molecule has 0 spiro atoms. The summed E-state index contributed by atoms with van der Waals surface area (Å²) in [5.74, 6) is -0.182. The number of hydrogen-bond donors (Lipinski definition) is 0. The van der Waals surface area contributed by atoms with Crippen LogP contribution in [0.4, 0.5) is 5.13 Å². The Hall–Kier alpha value is -1.54. The van der Waals surface area contributed by atoms with Crippen LogP contribution in [0.2, 0.25) is 0 Å². The molecule has 0 unspecified atom stereocenters. The molecule has 1 amide bonds. The molecular weight excluding hydrogens is 537 g/mol. The number of piperidine rings is 1. The average Bonchev–Trinajstić information content (AvgIpc) is 3.60. The van der Waals surface area contributed by atoms with Crippen LogP contribution in [0.25, 0.3) is 10.2 Å². The number of amides is 1. The van der Waals surface area contributed by atoms with Gasteiger partial charge in [-0.15, -0.1) is 23.1 Å². The predicted octanol–water partition coefficient (Wildman–Crippen LogP) is 3.85. The first-order valence-corrected chi connectivity index (χ1v) is 16.4.